The Kier molecular flexibility index (Phi) is 7.13. The first-order chi connectivity index (χ1) is 16.5. The number of nitrogens with zero attached hydrogens (tertiary/aromatic N) is 2. The fraction of sp³-hybridized carbons (Fsp3) is 0.231. The third kappa shape index (κ3) is 5.38. The van der Waals surface area contributed by atoms with Crippen LogP contribution in [0.4, 0.5) is 10.2 Å². The Morgan fingerprint density at radius 3 is 2.82 bits per heavy atom. The summed E-state index contributed by atoms with van der Waals surface area (Å²) in [6, 6.07) is 18.3. The summed E-state index contributed by atoms with van der Waals surface area (Å²) in [5, 5.41) is 18.2. The van der Waals surface area contributed by atoms with Gasteiger partial charge in [0, 0.05) is 18.7 Å². The van der Waals surface area contributed by atoms with E-state index in [-0.39, 0.29) is 17.3 Å². The molecule has 0 spiro atoms. The minimum atomic E-state index is -0.597. The number of carbonyl (C=O) groups excluding carboxylic acids is 2. The van der Waals surface area contributed by atoms with E-state index in [0.717, 1.165) is 12.0 Å². The SMILES string of the molecule is N#Cc1ccccc1-c1ccc(C(=O)NC2CCCNC2=O)c(NCCc2cccc(F)c2)n1. The molecule has 4 rings (SSSR count). The first-order valence-electron chi connectivity index (χ1n) is 11.1. The van der Waals surface area contributed by atoms with Crippen LogP contribution in [0.15, 0.2) is 60.7 Å². The van der Waals surface area contributed by atoms with E-state index in [1.54, 1.807) is 36.4 Å². The number of aromatic nitrogens is 1. The molecule has 1 unspecified atom stereocenters. The van der Waals surface area contributed by atoms with E-state index in [1.165, 1.54) is 12.1 Å². The van der Waals surface area contributed by atoms with E-state index in [2.05, 4.69) is 27.0 Å². The molecule has 0 saturated carbocycles. The van der Waals surface area contributed by atoms with Crippen molar-refractivity contribution in [1.82, 2.24) is 15.6 Å². The van der Waals surface area contributed by atoms with Crippen LogP contribution in [0.3, 0.4) is 0 Å². The smallest absolute Gasteiger partial charge is 0.255 e. The maximum Gasteiger partial charge on any atom is 0.255 e. The lowest BCUT2D eigenvalue weighted by Crippen LogP contribution is -2.50. The van der Waals surface area contributed by atoms with Gasteiger partial charge in [0.2, 0.25) is 5.91 Å². The highest BCUT2D eigenvalue weighted by molar-refractivity contribution is 6.01. The monoisotopic (exact) mass is 457 g/mol. The van der Waals surface area contributed by atoms with Gasteiger partial charge in [-0.05, 0) is 55.2 Å². The van der Waals surface area contributed by atoms with Gasteiger partial charge in [0.1, 0.15) is 17.7 Å². The Labute approximate surface area is 197 Å². The molecule has 0 radical (unpaired) electrons. The van der Waals surface area contributed by atoms with Crippen molar-refractivity contribution in [3.63, 3.8) is 0 Å². The number of nitriles is 1. The Hall–Kier alpha value is -4.25. The molecule has 1 atom stereocenters. The second-order valence-corrected chi connectivity index (χ2v) is 8.02. The molecular formula is C26H24FN5O2. The van der Waals surface area contributed by atoms with Crippen molar-refractivity contribution in [3.8, 4) is 17.3 Å². The molecule has 34 heavy (non-hydrogen) atoms. The number of carbonyl (C=O) groups is 2. The molecule has 3 aromatic rings. The molecule has 1 aromatic heterocycles. The van der Waals surface area contributed by atoms with Crippen molar-refractivity contribution < 1.29 is 14.0 Å². The number of hydrogen-bond donors (Lipinski definition) is 3. The predicted octanol–water partition coefficient (Wildman–Crippen LogP) is 3.42. The molecule has 7 nitrogen and oxygen atoms in total. The molecule has 1 saturated heterocycles. The zero-order chi connectivity index (χ0) is 23.9. The quantitative estimate of drug-likeness (QED) is 0.504. The molecule has 2 heterocycles. The minimum absolute atomic E-state index is 0.201. The number of nitrogens with one attached hydrogen (secondary N) is 3. The second-order valence-electron chi connectivity index (χ2n) is 8.02. The summed E-state index contributed by atoms with van der Waals surface area (Å²) >= 11 is 0. The van der Waals surface area contributed by atoms with Crippen LogP contribution in [0.25, 0.3) is 11.3 Å². The van der Waals surface area contributed by atoms with E-state index >= 15 is 0 Å². The molecule has 3 N–H and O–H groups in total. The molecule has 0 bridgehead atoms. The predicted molar refractivity (Wildman–Crippen MR) is 126 cm³/mol. The van der Waals surface area contributed by atoms with E-state index in [1.807, 2.05) is 12.1 Å². The Morgan fingerprint density at radius 2 is 2.03 bits per heavy atom. The number of rotatable bonds is 7. The molecule has 0 aliphatic carbocycles. The van der Waals surface area contributed by atoms with Crippen molar-refractivity contribution in [2.75, 3.05) is 18.4 Å². The fourth-order valence-electron chi connectivity index (χ4n) is 3.89. The summed E-state index contributed by atoms with van der Waals surface area (Å²) < 4.78 is 13.5. The van der Waals surface area contributed by atoms with Gasteiger partial charge in [-0.1, -0.05) is 30.3 Å². The Balaban J connectivity index is 1.60. The average molecular weight is 458 g/mol. The number of pyridine rings is 1. The summed E-state index contributed by atoms with van der Waals surface area (Å²) in [5.74, 6) is -0.595. The van der Waals surface area contributed by atoms with Gasteiger partial charge in [-0.3, -0.25) is 9.59 Å². The number of anilines is 1. The van der Waals surface area contributed by atoms with Gasteiger partial charge in [-0.15, -0.1) is 0 Å². The molecule has 2 aromatic carbocycles. The number of benzene rings is 2. The molecule has 1 aliphatic rings. The Bertz CT molecular complexity index is 1250. The van der Waals surface area contributed by atoms with Gasteiger partial charge in [0.05, 0.1) is 22.9 Å². The highest BCUT2D eigenvalue weighted by Crippen LogP contribution is 2.25. The van der Waals surface area contributed by atoms with Crippen LogP contribution in [0, 0.1) is 17.1 Å². The van der Waals surface area contributed by atoms with Crippen LogP contribution in [0.5, 0.6) is 0 Å². The van der Waals surface area contributed by atoms with Crippen LogP contribution in [0.2, 0.25) is 0 Å². The first-order valence-corrected chi connectivity index (χ1v) is 11.1. The van der Waals surface area contributed by atoms with Gasteiger partial charge < -0.3 is 16.0 Å². The number of piperidine rings is 1. The van der Waals surface area contributed by atoms with Gasteiger partial charge in [0.15, 0.2) is 0 Å². The van der Waals surface area contributed by atoms with Gasteiger partial charge in [-0.2, -0.15) is 5.26 Å². The number of amides is 2. The molecule has 8 heteroatoms. The van der Waals surface area contributed by atoms with Crippen molar-refractivity contribution >= 4 is 17.6 Å². The van der Waals surface area contributed by atoms with Gasteiger partial charge in [-0.25, -0.2) is 9.37 Å². The van der Waals surface area contributed by atoms with Crippen molar-refractivity contribution in [1.29, 1.82) is 5.26 Å². The van der Waals surface area contributed by atoms with Crippen LogP contribution in [-0.2, 0) is 11.2 Å². The van der Waals surface area contributed by atoms with Crippen LogP contribution < -0.4 is 16.0 Å². The zero-order valence-electron chi connectivity index (χ0n) is 18.5. The number of halogens is 1. The van der Waals surface area contributed by atoms with E-state index in [4.69, 9.17) is 0 Å². The zero-order valence-corrected chi connectivity index (χ0v) is 18.5. The van der Waals surface area contributed by atoms with E-state index in [0.29, 0.717) is 48.6 Å². The maximum absolute atomic E-state index is 13.5. The fourth-order valence-corrected chi connectivity index (χ4v) is 3.89. The molecule has 1 aliphatic heterocycles. The summed E-state index contributed by atoms with van der Waals surface area (Å²) in [5.41, 5.74) is 2.75. The van der Waals surface area contributed by atoms with Crippen LogP contribution >= 0.6 is 0 Å². The topological polar surface area (TPSA) is 107 Å². The first kappa shape index (κ1) is 22.9. The third-order valence-corrected chi connectivity index (χ3v) is 5.65. The van der Waals surface area contributed by atoms with Crippen molar-refractivity contribution in [2.24, 2.45) is 0 Å². The number of hydrogen-bond acceptors (Lipinski definition) is 5. The van der Waals surface area contributed by atoms with Crippen LogP contribution in [-0.4, -0.2) is 35.9 Å². The lowest BCUT2D eigenvalue weighted by molar-refractivity contribution is -0.124. The van der Waals surface area contributed by atoms with Gasteiger partial charge >= 0.3 is 0 Å². The summed E-state index contributed by atoms with van der Waals surface area (Å²) in [7, 11) is 0. The van der Waals surface area contributed by atoms with E-state index in [9.17, 15) is 19.2 Å². The van der Waals surface area contributed by atoms with Gasteiger partial charge in [0.25, 0.3) is 5.91 Å². The lowest BCUT2D eigenvalue weighted by atomic mass is 10.0. The normalized spacial score (nSPS) is 15.2. The third-order valence-electron chi connectivity index (χ3n) is 5.65. The van der Waals surface area contributed by atoms with E-state index < -0.39 is 11.9 Å². The summed E-state index contributed by atoms with van der Waals surface area (Å²) in [6.45, 7) is 1.01. The molecule has 1 fully saturated rings. The highest BCUT2D eigenvalue weighted by Gasteiger charge is 2.25. The summed E-state index contributed by atoms with van der Waals surface area (Å²) in [6.07, 6.45) is 1.88. The largest absolute Gasteiger partial charge is 0.369 e. The van der Waals surface area contributed by atoms with Crippen molar-refractivity contribution in [3.05, 3.63) is 83.2 Å². The lowest BCUT2D eigenvalue weighted by Gasteiger charge is -2.23. The molecular weight excluding hydrogens is 433 g/mol. The van der Waals surface area contributed by atoms with Crippen molar-refractivity contribution in [2.45, 2.75) is 25.3 Å². The summed E-state index contributed by atoms with van der Waals surface area (Å²) in [4.78, 5) is 29.8. The average Bonchev–Trinajstić information content (AvgIpc) is 2.85. The maximum atomic E-state index is 13.5. The standard InChI is InChI=1S/C26H24FN5O2/c27-19-7-3-5-17(15-19)12-14-29-24-21(25(33)32-23-9-4-13-30-26(23)34)10-11-22(31-24)20-8-2-1-6-18(20)16-28/h1-3,5-8,10-11,15,23H,4,9,12-14H2,(H,29,31)(H,30,34)(H,32,33). The minimum Gasteiger partial charge on any atom is -0.369 e. The second kappa shape index (κ2) is 10.6. The van der Waals surface area contributed by atoms with Crippen LogP contribution in [0.1, 0.15) is 34.3 Å². The highest BCUT2D eigenvalue weighted by atomic mass is 19.1. The molecule has 172 valence electrons. The molecule has 2 amide bonds. The Morgan fingerprint density at radius 1 is 1.18 bits per heavy atom.